The zero-order valence-corrected chi connectivity index (χ0v) is 38.4. The van der Waals surface area contributed by atoms with E-state index >= 15 is 0 Å². The van der Waals surface area contributed by atoms with E-state index in [1.54, 1.807) is 0 Å². The SMILES string of the molecule is CC\C=C/C=C\C=C/C=C\C=C\C=C/CCCCCC(=O)OCC(COC(=O)CCC/C=C\C/C=C\C/C=C\CC)OC(=O)CCCCCCCCCCCCCCCC. The summed E-state index contributed by atoms with van der Waals surface area (Å²) in [7, 11) is 0. The van der Waals surface area contributed by atoms with E-state index in [0.29, 0.717) is 19.3 Å². The van der Waals surface area contributed by atoms with Gasteiger partial charge in [-0.1, -0.05) is 220 Å². The summed E-state index contributed by atoms with van der Waals surface area (Å²) in [4.78, 5) is 37.8. The Kier molecular flexibility index (Phi) is 44.6. The molecule has 60 heavy (non-hydrogen) atoms. The fourth-order valence-electron chi connectivity index (χ4n) is 6.14. The van der Waals surface area contributed by atoms with Crippen molar-refractivity contribution in [3.05, 3.63) is 109 Å². The lowest BCUT2D eigenvalue weighted by atomic mass is 10.0. The molecule has 0 bridgehead atoms. The standard InChI is InChI=1S/C54H86O6/c1-4-7-10-13-16-19-22-24-26-27-28-30-32-35-38-41-44-47-53(56)59-50-51(49-58-52(55)46-43-40-37-34-31-21-18-15-12-9-6-3)60-54(57)48-45-42-39-36-33-29-25-23-20-17-14-11-8-5-2/h7,9-10,12-13,16,18-19,21-22,24,26-28,30,32,34,37,51H,4-6,8,11,14-15,17,20,23,25,29,31,33,35-36,38-50H2,1-3H3/b10-7-,12-9-,16-13-,21-18-,22-19-,26-24-,28-27+,32-30-,37-34-. The van der Waals surface area contributed by atoms with E-state index in [-0.39, 0.29) is 37.5 Å². The van der Waals surface area contributed by atoms with E-state index < -0.39 is 6.10 Å². The van der Waals surface area contributed by atoms with Crippen molar-refractivity contribution in [2.45, 2.75) is 200 Å². The Labute approximate surface area is 368 Å². The van der Waals surface area contributed by atoms with Crippen molar-refractivity contribution in [1.82, 2.24) is 0 Å². The monoisotopic (exact) mass is 831 g/mol. The molecule has 0 radical (unpaired) electrons. The summed E-state index contributed by atoms with van der Waals surface area (Å²) in [6.07, 6.45) is 63.6. The molecule has 0 N–H and O–H groups in total. The number of carbonyl (C=O) groups is 3. The summed E-state index contributed by atoms with van der Waals surface area (Å²) in [6.45, 7) is 6.27. The summed E-state index contributed by atoms with van der Waals surface area (Å²) < 4.78 is 16.7. The Morgan fingerprint density at radius 1 is 0.367 bits per heavy atom. The molecular weight excluding hydrogens is 745 g/mol. The van der Waals surface area contributed by atoms with Crippen molar-refractivity contribution in [1.29, 1.82) is 0 Å². The van der Waals surface area contributed by atoms with E-state index in [9.17, 15) is 14.4 Å². The third-order valence-electron chi connectivity index (χ3n) is 9.68. The topological polar surface area (TPSA) is 78.9 Å². The van der Waals surface area contributed by atoms with E-state index in [2.05, 4.69) is 69.4 Å². The first-order valence-electron chi connectivity index (χ1n) is 24.0. The average Bonchev–Trinajstić information content (AvgIpc) is 3.24. The molecule has 1 unspecified atom stereocenters. The number of hydrogen-bond donors (Lipinski definition) is 0. The van der Waals surface area contributed by atoms with Gasteiger partial charge in [0.05, 0.1) is 0 Å². The molecule has 0 aromatic rings. The molecule has 6 nitrogen and oxygen atoms in total. The highest BCUT2D eigenvalue weighted by Crippen LogP contribution is 2.14. The minimum Gasteiger partial charge on any atom is -0.462 e. The molecule has 1 atom stereocenters. The summed E-state index contributed by atoms with van der Waals surface area (Å²) in [6, 6.07) is 0. The highest BCUT2D eigenvalue weighted by Gasteiger charge is 2.19. The van der Waals surface area contributed by atoms with Gasteiger partial charge in [-0.3, -0.25) is 14.4 Å². The Morgan fingerprint density at radius 3 is 1.27 bits per heavy atom. The molecule has 6 heteroatoms. The smallest absolute Gasteiger partial charge is 0.306 e. The summed E-state index contributed by atoms with van der Waals surface area (Å²) in [5.74, 6) is -1.02. The van der Waals surface area contributed by atoms with E-state index in [4.69, 9.17) is 14.2 Å². The van der Waals surface area contributed by atoms with Crippen molar-refractivity contribution in [2.24, 2.45) is 0 Å². The molecule has 0 rings (SSSR count). The van der Waals surface area contributed by atoms with Gasteiger partial charge in [-0.25, -0.2) is 0 Å². The Bertz CT molecular complexity index is 1280. The van der Waals surface area contributed by atoms with Gasteiger partial charge in [0.25, 0.3) is 0 Å². The molecule has 0 heterocycles. The zero-order valence-electron chi connectivity index (χ0n) is 38.4. The number of allylic oxidation sites excluding steroid dienone is 18. The highest BCUT2D eigenvalue weighted by atomic mass is 16.6. The van der Waals surface area contributed by atoms with Gasteiger partial charge in [0.2, 0.25) is 0 Å². The predicted octanol–water partition coefficient (Wildman–Crippen LogP) is 15.6. The Balaban J connectivity index is 4.53. The molecule has 0 fully saturated rings. The van der Waals surface area contributed by atoms with Gasteiger partial charge in [0.15, 0.2) is 6.10 Å². The quantitative estimate of drug-likeness (QED) is 0.0201. The van der Waals surface area contributed by atoms with Crippen LogP contribution in [-0.2, 0) is 28.6 Å². The van der Waals surface area contributed by atoms with Crippen LogP contribution < -0.4 is 0 Å². The molecular formula is C54H86O6. The normalized spacial score (nSPS) is 13.1. The van der Waals surface area contributed by atoms with E-state index in [1.165, 1.54) is 70.6 Å². The molecule has 0 saturated carbocycles. The molecule has 0 saturated heterocycles. The first kappa shape index (κ1) is 56.1. The fourth-order valence-corrected chi connectivity index (χ4v) is 6.14. The maximum Gasteiger partial charge on any atom is 0.306 e. The molecule has 0 aromatic carbocycles. The lowest BCUT2D eigenvalue weighted by molar-refractivity contribution is -0.167. The number of carbonyl (C=O) groups excluding carboxylic acids is 3. The number of hydrogen-bond acceptors (Lipinski definition) is 6. The third-order valence-corrected chi connectivity index (χ3v) is 9.68. The van der Waals surface area contributed by atoms with Gasteiger partial charge in [-0.05, 0) is 64.2 Å². The molecule has 0 aromatic heterocycles. The van der Waals surface area contributed by atoms with Crippen LogP contribution in [-0.4, -0.2) is 37.2 Å². The molecule has 0 spiro atoms. The van der Waals surface area contributed by atoms with Crippen LogP contribution >= 0.6 is 0 Å². The van der Waals surface area contributed by atoms with Crippen molar-refractivity contribution >= 4 is 17.9 Å². The van der Waals surface area contributed by atoms with Crippen LogP contribution in [0.2, 0.25) is 0 Å². The van der Waals surface area contributed by atoms with Gasteiger partial charge in [0.1, 0.15) is 13.2 Å². The van der Waals surface area contributed by atoms with Crippen molar-refractivity contribution in [3.63, 3.8) is 0 Å². The molecule has 0 amide bonds. The molecule has 0 aliphatic rings. The third kappa shape index (κ3) is 45.2. The van der Waals surface area contributed by atoms with Crippen molar-refractivity contribution in [3.8, 4) is 0 Å². The second-order valence-corrected chi connectivity index (χ2v) is 15.4. The van der Waals surface area contributed by atoms with Crippen molar-refractivity contribution < 1.29 is 28.6 Å². The second-order valence-electron chi connectivity index (χ2n) is 15.4. The van der Waals surface area contributed by atoms with Gasteiger partial charge in [-0.2, -0.15) is 0 Å². The van der Waals surface area contributed by atoms with Gasteiger partial charge >= 0.3 is 17.9 Å². The van der Waals surface area contributed by atoms with Crippen LogP contribution in [0.5, 0.6) is 0 Å². The first-order valence-corrected chi connectivity index (χ1v) is 24.0. The van der Waals surface area contributed by atoms with E-state index in [1.807, 2.05) is 60.8 Å². The van der Waals surface area contributed by atoms with Gasteiger partial charge in [0, 0.05) is 19.3 Å². The van der Waals surface area contributed by atoms with E-state index in [0.717, 1.165) is 77.0 Å². The Morgan fingerprint density at radius 2 is 0.750 bits per heavy atom. The zero-order chi connectivity index (χ0) is 43.7. The van der Waals surface area contributed by atoms with Crippen LogP contribution in [0.1, 0.15) is 194 Å². The molecule has 338 valence electrons. The number of ether oxygens (including phenoxy) is 3. The van der Waals surface area contributed by atoms with Crippen LogP contribution in [0, 0.1) is 0 Å². The van der Waals surface area contributed by atoms with Crippen LogP contribution in [0.25, 0.3) is 0 Å². The number of unbranched alkanes of at least 4 members (excludes halogenated alkanes) is 17. The molecule has 0 aliphatic heterocycles. The summed E-state index contributed by atoms with van der Waals surface area (Å²) in [5.41, 5.74) is 0. The number of esters is 3. The van der Waals surface area contributed by atoms with Crippen LogP contribution in [0.4, 0.5) is 0 Å². The fraction of sp³-hybridized carbons (Fsp3) is 0.611. The van der Waals surface area contributed by atoms with Crippen LogP contribution in [0.3, 0.4) is 0 Å². The van der Waals surface area contributed by atoms with Gasteiger partial charge in [-0.15, -0.1) is 0 Å². The highest BCUT2D eigenvalue weighted by molar-refractivity contribution is 5.71. The lowest BCUT2D eigenvalue weighted by Crippen LogP contribution is -2.30. The largest absolute Gasteiger partial charge is 0.462 e. The summed E-state index contributed by atoms with van der Waals surface area (Å²) >= 11 is 0. The lowest BCUT2D eigenvalue weighted by Gasteiger charge is -2.18. The number of rotatable bonds is 41. The second kappa shape index (κ2) is 47.7. The van der Waals surface area contributed by atoms with Crippen molar-refractivity contribution in [2.75, 3.05) is 13.2 Å². The average molecular weight is 831 g/mol. The van der Waals surface area contributed by atoms with Gasteiger partial charge < -0.3 is 14.2 Å². The maximum atomic E-state index is 12.8. The minimum absolute atomic E-state index is 0.118. The Hall–Kier alpha value is -3.93. The van der Waals surface area contributed by atoms with Crippen LogP contribution in [0.15, 0.2) is 109 Å². The first-order chi connectivity index (χ1) is 29.5. The summed E-state index contributed by atoms with van der Waals surface area (Å²) in [5, 5.41) is 0. The maximum absolute atomic E-state index is 12.8. The predicted molar refractivity (Wildman–Crippen MR) is 256 cm³/mol. The molecule has 0 aliphatic carbocycles. The minimum atomic E-state index is -0.815.